The summed E-state index contributed by atoms with van der Waals surface area (Å²) in [5.41, 5.74) is 5.74. The highest BCUT2D eigenvalue weighted by Gasteiger charge is 2.18. The standard InChI is InChI=1S/C21H18ClN3S/c1-12-7-9-15(10-8-12)17-14(3)26-20-18(17)19(24-21(22)25-20)23-16-6-4-5-13(2)11-16/h4-11H,1-3H3,(H,23,24,25). The van der Waals surface area contributed by atoms with Gasteiger partial charge < -0.3 is 5.32 Å². The number of nitrogens with zero attached hydrogens (tertiary/aromatic N) is 2. The molecular weight excluding hydrogens is 362 g/mol. The number of nitrogens with one attached hydrogen (secondary N) is 1. The molecule has 130 valence electrons. The number of halogens is 1. The zero-order chi connectivity index (χ0) is 18.3. The van der Waals surface area contributed by atoms with Gasteiger partial charge in [0, 0.05) is 16.1 Å². The third-order valence-electron chi connectivity index (χ3n) is 4.32. The molecule has 0 atom stereocenters. The predicted molar refractivity (Wildman–Crippen MR) is 112 cm³/mol. The fourth-order valence-corrected chi connectivity index (χ4v) is 4.37. The summed E-state index contributed by atoms with van der Waals surface area (Å²) in [5, 5.41) is 4.70. The van der Waals surface area contributed by atoms with Crippen LogP contribution in [0.25, 0.3) is 21.3 Å². The number of benzene rings is 2. The van der Waals surface area contributed by atoms with Gasteiger partial charge in [-0.1, -0.05) is 42.0 Å². The number of hydrogen-bond donors (Lipinski definition) is 1. The molecule has 0 aliphatic rings. The summed E-state index contributed by atoms with van der Waals surface area (Å²) in [7, 11) is 0. The minimum absolute atomic E-state index is 0.254. The Morgan fingerprint density at radius 1 is 0.923 bits per heavy atom. The molecule has 0 saturated carbocycles. The van der Waals surface area contributed by atoms with E-state index in [4.69, 9.17) is 11.6 Å². The maximum absolute atomic E-state index is 6.19. The van der Waals surface area contributed by atoms with E-state index in [1.165, 1.54) is 16.0 Å². The number of anilines is 2. The Labute approximate surface area is 161 Å². The van der Waals surface area contributed by atoms with E-state index in [1.807, 2.05) is 12.1 Å². The molecule has 0 aliphatic heterocycles. The van der Waals surface area contributed by atoms with Crippen molar-refractivity contribution in [1.82, 2.24) is 9.97 Å². The minimum atomic E-state index is 0.254. The normalized spacial score (nSPS) is 11.1. The van der Waals surface area contributed by atoms with E-state index in [0.29, 0.717) is 0 Å². The van der Waals surface area contributed by atoms with Crippen molar-refractivity contribution in [2.75, 3.05) is 5.32 Å². The molecule has 0 radical (unpaired) electrons. The van der Waals surface area contributed by atoms with Crippen LogP contribution in [0.5, 0.6) is 0 Å². The SMILES string of the molecule is Cc1ccc(-c2c(C)sc3nc(Cl)nc(Nc4cccc(C)c4)c23)cc1. The van der Waals surface area contributed by atoms with Crippen molar-refractivity contribution in [3.05, 3.63) is 69.8 Å². The lowest BCUT2D eigenvalue weighted by molar-refractivity contribution is 1.23. The quantitative estimate of drug-likeness (QED) is 0.403. The first-order valence-corrected chi connectivity index (χ1v) is 9.58. The van der Waals surface area contributed by atoms with Crippen molar-refractivity contribution in [3.63, 3.8) is 0 Å². The number of hydrogen-bond acceptors (Lipinski definition) is 4. The van der Waals surface area contributed by atoms with E-state index < -0.39 is 0 Å². The molecule has 0 bridgehead atoms. The molecule has 0 amide bonds. The van der Waals surface area contributed by atoms with Crippen molar-refractivity contribution in [1.29, 1.82) is 0 Å². The van der Waals surface area contributed by atoms with Gasteiger partial charge >= 0.3 is 0 Å². The summed E-state index contributed by atoms with van der Waals surface area (Å²) in [6.45, 7) is 6.28. The number of aryl methyl sites for hydroxylation is 3. The third-order valence-corrected chi connectivity index (χ3v) is 5.49. The first-order valence-electron chi connectivity index (χ1n) is 8.38. The molecule has 4 rings (SSSR count). The molecule has 0 unspecified atom stereocenters. The molecule has 4 aromatic rings. The summed E-state index contributed by atoms with van der Waals surface area (Å²) >= 11 is 7.84. The van der Waals surface area contributed by atoms with Crippen LogP contribution in [0.1, 0.15) is 16.0 Å². The van der Waals surface area contributed by atoms with Gasteiger partial charge in [-0.05, 0) is 55.6 Å². The second kappa shape index (κ2) is 6.71. The fraction of sp³-hybridized carbons (Fsp3) is 0.143. The molecular formula is C21H18ClN3S. The van der Waals surface area contributed by atoms with E-state index in [1.54, 1.807) is 11.3 Å². The number of thiophene rings is 1. The molecule has 0 aliphatic carbocycles. The molecule has 3 nitrogen and oxygen atoms in total. The largest absolute Gasteiger partial charge is 0.340 e. The van der Waals surface area contributed by atoms with E-state index in [9.17, 15) is 0 Å². The van der Waals surface area contributed by atoms with E-state index >= 15 is 0 Å². The first-order chi connectivity index (χ1) is 12.5. The average Bonchev–Trinajstić information content (AvgIpc) is 2.91. The Kier molecular flexibility index (Phi) is 4.39. The van der Waals surface area contributed by atoms with Crippen LogP contribution >= 0.6 is 22.9 Å². The van der Waals surface area contributed by atoms with E-state index in [0.717, 1.165) is 32.8 Å². The second-order valence-corrected chi connectivity index (χ2v) is 7.96. The van der Waals surface area contributed by atoms with Gasteiger partial charge in [0.1, 0.15) is 10.6 Å². The Hall–Kier alpha value is -2.43. The fourth-order valence-electron chi connectivity index (χ4n) is 3.10. The highest BCUT2D eigenvalue weighted by atomic mass is 35.5. The van der Waals surface area contributed by atoms with Gasteiger partial charge in [-0.2, -0.15) is 4.98 Å². The maximum Gasteiger partial charge on any atom is 0.225 e. The number of rotatable bonds is 3. The van der Waals surface area contributed by atoms with Crippen molar-refractivity contribution >= 4 is 44.7 Å². The molecule has 0 spiro atoms. The van der Waals surface area contributed by atoms with Crippen LogP contribution in [0.4, 0.5) is 11.5 Å². The van der Waals surface area contributed by atoms with E-state index in [2.05, 4.69) is 72.5 Å². The summed E-state index contributed by atoms with van der Waals surface area (Å²) in [6, 6.07) is 16.8. The second-order valence-electron chi connectivity index (χ2n) is 6.42. The monoisotopic (exact) mass is 379 g/mol. The zero-order valence-corrected chi connectivity index (χ0v) is 16.4. The summed E-state index contributed by atoms with van der Waals surface area (Å²) in [4.78, 5) is 11.0. The van der Waals surface area contributed by atoms with Gasteiger partial charge in [0.2, 0.25) is 5.28 Å². The van der Waals surface area contributed by atoms with Crippen LogP contribution in [0.3, 0.4) is 0 Å². The first kappa shape index (κ1) is 17.0. The topological polar surface area (TPSA) is 37.8 Å². The van der Waals surface area contributed by atoms with Crippen LogP contribution in [0.15, 0.2) is 48.5 Å². The lowest BCUT2D eigenvalue weighted by Gasteiger charge is -2.10. The lowest BCUT2D eigenvalue weighted by Crippen LogP contribution is -1.97. The Morgan fingerprint density at radius 2 is 1.69 bits per heavy atom. The molecule has 2 aromatic heterocycles. The van der Waals surface area contributed by atoms with Gasteiger partial charge in [0.05, 0.1) is 5.39 Å². The Bertz CT molecular complexity index is 1100. The van der Waals surface area contributed by atoms with Crippen molar-refractivity contribution in [3.8, 4) is 11.1 Å². The number of fused-ring (bicyclic) bond motifs is 1. The lowest BCUT2D eigenvalue weighted by atomic mass is 10.0. The third kappa shape index (κ3) is 3.18. The molecule has 1 N–H and O–H groups in total. The van der Waals surface area contributed by atoms with Gasteiger partial charge in [0.15, 0.2) is 0 Å². The van der Waals surface area contributed by atoms with Crippen molar-refractivity contribution in [2.45, 2.75) is 20.8 Å². The minimum Gasteiger partial charge on any atom is -0.340 e. The van der Waals surface area contributed by atoms with Crippen LogP contribution in [-0.4, -0.2) is 9.97 Å². The van der Waals surface area contributed by atoms with Gasteiger partial charge in [0.25, 0.3) is 0 Å². The van der Waals surface area contributed by atoms with Crippen LogP contribution in [0, 0.1) is 20.8 Å². The predicted octanol–water partition coefficient (Wildman–Crippen LogP) is 6.68. The number of aromatic nitrogens is 2. The highest BCUT2D eigenvalue weighted by molar-refractivity contribution is 7.19. The molecule has 5 heteroatoms. The smallest absolute Gasteiger partial charge is 0.225 e. The zero-order valence-electron chi connectivity index (χ0n) is 14.8. The molecule has 0 fully saturated rings. The summed E-state index contributed by atoms with van der Waals surface area (Å²) in [5.74, 6) is 0.741. The van der Waals surface area contributed by atoms with E-state index in [-0.39, 0.29) is 5.28 Å². The molecule has 0 saturated heterocycles. The van der Waals surface area contributed by atoms with Crippen LogP contribution in [-0.2, 0) is 0 Å². The Morgan fingerprint density at radius 3 is 2.42 bits per heavy atom. The van der Waals surface area contributed by atoms with Crippen LogP contribution < -0.4 is 5.32 Å². The van der Waals surface area contributed by atoms with Gasteiger partial charge in [-0.25, -0.2) is 4.98 Å². The average molecular weight is 380 g/mol. The molecule has 26 heavy (non-hydrogen) atoms. The Balaban J connectivity index is 1.93. The summed E-state index contributed by atoms with van der Waals surface area (Å²) < 4.78 is 0. The summed E-state index contributed by atoms with van der Waals surface area (Å²) in [6.07, 6.45) is 0. The van der Waals surface area contributed by atoms with Crippen LogP contribution in [0.2, 0.25) is 5.28 Å². The maximum atomic E-state index is 6.19. The van der Waals surface area contributed by atoms with Crippen molar-refractivity contribution < 1.29 is 0 Å². The van der Waals surface area contributed by atoms with Crippen molar-refractivity contribution in [2.24, 2.45) is 0 Å². The van der Waals surface area contributed by atoms with Gasteiger partial charge in [-0.15, -0.1) is 11.3 Å². The van der Waals surface area contributed by atoms with Gasteiger partial charge in [-0.3, -0.25) is 0 Å². The molecule has 2 heterocycles. The highest BCUT2D eigenvalue weighted by Crippen LogP contribution is 2.41. The molecule has 2 aromatic carbocycles.